The summed E-state index contributed by atoms with van der Waals surface area (Å²) >= 11 is 1.74. The van der Waals surface area contributed by atoms with Crippen molar-refractivity contribution in [1.82, 2.24) is 9.78 Å². The lowest BCUT2D eigenvalue weighted by Crippen LogP contribution is -2.16. The summed E-state index contributed by atoms with van der Waals surface area (Å²) in [4.78, 5) is 23.2. The minimum absolute atomic E-state index is 0.0133. The van der Waals surface area contributed by atoms with Crippen molar-refractivity contribution in [3.8, 4) is 5.69 Å². The fourth-order valence-corrected chi connectivity index (χ4v) is 4.04. The van der Waals surface area contributed by atoms with Gasteiger partial charge in [0.25, 0.3) is 11.6 Å². The predicted molar refractivity (Wildman–Crippen MR) is 104 cm³/mol. The molecule has 4 rings (SSSR count). The van der Waals surface area contributed by atoms with E-state index >= 15 is 0 Å². The van der Waals surface area contributed by atoms with E-state index in [-0.39, 0.29) is 11.6 Å². The second kappa shape index (κ2) is 6.88. The molecule has 0 radical (unpaired) electrons. The molecule has 2 aromatic carbocycles. The Morgan fingerprint density at radius 2 is 2.00 bits per heavy atom. The number of fused-ring (bicyclic) bond motifs is 1. The van der Waals surface area contributed by atoms with E-state index in [1.807, 2.05) is 25.1 Å². The lowest BCUT2D eigenvalue weighted by molar-refractivity contribution is -0.384. The van der Waals surface area contributed by atoms with Crippen LogP contribution in [-0.2, 0) is 11.5 Å². The Morgan fingerprint density at radius 1 is 1.22 bits per heavy atom. The normalized spacial score (nSPS) is 12.6. The molecule has 1 aliphatic heterocycles. The molecule has 136 valence electrons. The number of carbonyl (C=O) groups excluding carboxylic acids is 1. The summed E-state index contributed by atoms with van der Waals surface area (Å²) in [6.07, 6.45) is 0. The average molecular weight is 380 g/mol. The Bertz CT molecular complexity index is 1040. The van der Waals surface area contributed by atoms with Gasteiger partial charge in [-0.2, -0.15) is 16.9 Å². The maximum Gasteiger partial charge on any atom is 0.269 e. The molecule has 0 aliphatic carbocycles. The number of hydrogen-bond donors (Lipinski definition) is 1. The maximum atomic E-state index is 12.7. The van der Waals surface area contributed by atoms with Crippen molar-refractivity contribution in [1.29, 1.82) is 0 Å². The van der Waals surface area contributed by atoms with Crippen LogP contribution in [0.3, 0.4) is 0 Å². The zero-order chi connectivity index (χ0) is 19.0. The number of nitro groups is 1. The Morgan fingerprint density at radius 3 is 2.70 bits per heavy atom. The number of nitrogens with one attached hydrogen (secondary N) is 1. The van der Waals surface area contributed by atoms with Gasteiger partial charge in [0.2, 0.25) is 0 Å². The van der Waals surface area contributed by atoms with Crippen molar-refractivity contribution in [3.63, 3.8) is 0 Å². The van der Waals surface area contributed by atoms with E-state index in [4.69, 9.17) is 0 Å². The fraction of sp³-hybridized carbons (Fsp3) is 0.158. The van der Waals surface area contributed by atoms with Crippen LogP contribution in [-0.4, -0.2) is 20.6 Å². The molecule has 0 unspecified atom stereocenters. The lowest BCUT2D eigenvalue weighted by Gasteiger charge is -2.11. The molecule has 8 heteroatoms. The molecule has 1 aromatic heterocycles. The third-order valence-electron chi connectivity index (χ3n) is 4.37. The van der Waals surface area contributed by atoms with Crippen LogP contribution in [0.25, 0.3) is 5.69 Å². The lowest BCUT2D eigenvalue weighted by atomic mass is 10.1. The van der Waals surface area contributed by atoms with Gasteiger partial charge in [-0.15, -0.1) is 0 Å². The molecule has 3 aromatic rings. The van der Waals surface area contributed by atoms with Gasteiger partial charge in [-0.05, 0) is 31.2 Å². The smallest absolute Gasteiger partial charge is 0.269 e. The van der Waals surface area contributed by atoms with Gasteiger partial charge >= 0.3 is 0 Å². The SMILES string of the molecule is Cc1cccc(C(=O)Nc2c3c(nn2-c2ccc([N+](=O)[O-])cc2)CSC3)c1. The number of nitro benzene ring substituents is 1. The summed E-state index contributed by atoms with van der Waals surface area (Å²) in [5.74, 6) is 1.96. The summed E-state index contributed by atoms with van der Waals surface area (Å²) in [6.45, 7) is 1.94. The quantitative estimate of drug-likeness (QED) is 0.544. The summed E-state index contributed by atoms with van der Waals surface area (Å²) in [5, 5.41) is 18.5. The van der Waals surface area contributed by atoms with Crippen LogP contribution in [0.1, 0.15) is 27.2 Å². The number of aromatic nitrogens is 2. The van der Waals surface area contributed by atoms with Crippen molar-refractivity contribution in [2.45, 2.75) is 18.4 Å². The standard InChI is InChI=1S/C19H16N4O3S/c1-12-3-2-4-13(9-12)19(24)20-18-16-10-27-11-17(16)21-22(18)14-5-7-15(8-6-14)23(25)26/h2-9H,10-11H2,1H3,(H,20,24). The highest BCUT2D eigenvalue weighted by Gasteiger charge is 2.25. The molecular formula is C19H16N4O3S. The molecule has 1 aliphatic rings. The second-order valence-corrected chi connectivity index (χ2v) is 7.26. The predicted octanol–water partition coefficient (Wildman–Crippen LogP) is 4.09. The Labute approximate surface area is 159 Å². The summed E-state index contributed by atoms with van der Waals surface area (Å²) in [5.41, 5.74) is 4.19. The van der Waals surface area contributed by atoms with E-state index in [1.165, 1.54) is 12.1 Å². The molecule has 1 N–H and O–H groups in total. The first kappa shape index (κ1) is 17.3. The zero-order valence-electron chi connectivity index (χ0n) is 14.5. The molecule has 7 nitrogen and oxygen atoms in total. The zero-order valence-corrected chi connectivity index (χ0v) is 15.3. The Kier molecular flexibility index (Phi) is 4.41. The number of nitrogens with zero attached hydrogens (tertiary/aromatic N) is 3. The number of benzene rings is 2. The summed E-state index contributed by atoms with van der Waals surface area (Å²) in [7, 11) is 0. The van der Waals surface area contributed by atoms with E-state index < -0.39 is 4.92 Å². The number of carbonyl (C=O) groups is 1. The van der Waals surface area contributed by atoms with E-state index in [0.717, 1.165) is 28.3 Å². The Hall–Kier alpha value is -3.13. The van der Waals surface area contributed by atoms with E-state index in [2.05, 4.69) is 10.4 Å². The molecule has 0 spiro atoms. The number of anilines is 1. The van der Waals surface area contributed by atoms with Gasteiger partial charge in [-0.25, -0.2) is 4.68 Å². The molecule has 0 atom stereocenters. The van der Waals surface area contributed by atoms with E-state index in [0.29, 0.717) is 17.1 Å². The average Bonchev–Trinajstić information content (AvgIpc) is 3.24. The highest BCUT2D eigenvalue weighted by molar-refractivity contribution is 7.98. The second-order valence-electron chi connectivity index (χ2n) is 6.28. The highest BCUT2D eigenvalue weighted by atomic mass is 32.2. The van der Waals surface area contributed by atoms with Crippen LogP contribution >= 0.6 is 11.8 Å². The van der Waals surface area contributed by atoms with Crippen molar-refractivity contribution < 1.29 is 9.72 Å². The van der Waals surface area contributed by atoms with Gasteiger partial charge in [0, 0.05) is 34.8 Å². The molecule has 0 saturated carbocycles. The Balaban J connectivity index is 1.71. The van der Waals surface area contributed by atoms with Crippen molar-refractivity contribution in [3.05, 3.63) is 81.0 Å². The highest BCUT2D eigenvalue weighted by Crippen LogP contribution is 2.36. The number of amides is 1. The third kappa shape index (κ3) is 3.31. The number of non-ortho nitro benzene ring substituents is 1. The van der Waals surface area contributed by atoms with Crippen LogP contribution in [0.15, 0.2) is 48.5 Å². The molecular weight excluding hydrogens is 364 g/mol. The number of thioether (sulfide) groups is 1. The molecule has 0 fully saturated rings. The fourth-order valence-electron chi connectivity index (χ4n) is 3.01. The van der Waals surface area contributed by atoms with Gasteiger partial charge in [-0.1, -0.05) is 17.7 Å². The minimum atomic E-state index is -0.441. The van der Waals surface area contributed by atoms with Gasteiger partial charge in [-0.3, -0.25) is 14.9 Å². The first-order chi connectivity index (χ1) is 13.0. The monoisotopic (exact) mass is 380 g/mol. The molecule has 27 heavy (non-hydrogen) atoms. The molecule has 0 saturated heterocycles. The first-order valence-electron chi connectivity index (χ1n) is 8.34. The molecule has 0 bridgehead atoms. The van der Waals surface area contributed by atoms with Crippen molar-refractivity contribution in [2.75, 3.05) is 5.32 Å². The van der Waals surface area contributed by atoms with Gasteiger partial charge in [0.05, 0.1) is 16.3 Å². The number of rotatable bonds is 4. The van der Waals surface area contributed by atoms with Gasteiger partial charge in [0.15, 0.2) is 0 Å². The number of hydrogen-bond acceptors (Lipinski definition) is 5. The topological polar surface area (TPSA) is 90.1 Å². The van der Waals surface area contributed by atoms with Gasteiger partial charge < -0.3 is 5.32 Å². The molecule has 1 amide bonds. The number of aryl methyl sites for hydroxylation is 1. The maximum absolute atomic E-state index is 12.7. The van der Waals surface area contributed by atoms with Crippen molar-refractivity contribution >= 4 is 29.2 Å². The van der Waals surface area contributed by atoms with Crippen LogP contribution in [0.2, 0.25) is 0 Å². The summed E-state index contributed by atoms with van der Waals surface area (Å²) in [6, 6.07) is 13.5. The van der Waals surface area contributed by atoms with Gasteiger partial charge in [0.1, 0.15) is 5.82 Å². The van der Waals surface area contributed by atoms with E-state index in [9.17, 15) is 14.9 Å². The summed E-state index contributed by atoms with van der Waals surface area (Å²) < 4.78 is 1.65. The largest absolute Gasteiger partial charge is 0.306 e. The molecule has 2 heterocycles. The first-order valence-corrected chi connectivity index (χ1v) is 9.50. The van der Waals surface area contributed by atoms with Crippen LogP contribution < -0.4 is 5.32 Å². The van der Waals surface area contributed by atoms with Crippen molar-refractivity contribution in [2.24, 2.45) is 0 Å². The van der Waals surface area contributed by atoms with Crippen LogP contribution in [0.4, 0.5) is 11.5 Å². The van der Waals surface area contributed by atoms with E-state index in [1.54, 1.807) is 34.6 Å². The van der Waals surface area contributed by atoms with Crippen LogP contribution in [0.5, 0.6) is 0 Å². The third-order valence-corrected chi connectivity index (χ3v) is 5.34. The van der Waals surface area contributed by atoms with Crippen LogP contribution in [0, 0.1) is 17.0 Å². The minimum Gasteiger partial charge on any atom is -0.306 e.